The Kier molecular flexibility index (Phi) is 14.1. The minimum absolute atomic E-state index is 0.750. The Morgan fingerprint density at radius 3 is 1.62 bits per heavy atom. The van der Waals surface area contributed by atoms with Crippen molar-refractivity contribution in [2.24, 2.45) is 0 Å². The molecule has 0 rings (SSSR count). The van der Waals surface area contributed by atoms with E-state index in [0.717, 1.165) is 0 Å². The molecule has 0 saturated carbocycles. The predicted octanol–water partition coefficient (Wildman–Crippen LogP) is 2.38. The molecule has 0 fully saturated rings. The van der Waals surface area contributed by atoms with E-state index in [4.69, 9.17) is 39.6 Å². The van der Waals surface area contributed by atoms with Gasteiger partial charge >= 0.3 is 4.96 Å². The third-order valence-electron chi connectivity index (χ3n) is 0.0913. The highest BCUT2D eigenvalue weighted by Gasteiger charge is 1.91. The van der Waals surface area contributed by atoms with E-state index in [1.54, 1.807) is 6.07 Å². The first-order valence-electron chi connectivity index (χ1n) is 1.58. The molecule has 0 atom stereocenters. The van der Waals surface area contributed by atoms with Gasteiger partial charge in [0.05, 0.1) is 6.07 Å². The van der Waals surface area contributed by atoms with E-state index >= 15 is 0 Å². The Morgan fingerprint density at radius 2 is 1.62 bits per heavy atom. The first-order chi connectivity index (χ1) is 3.65. The highest BCUT2D eigenvalue weighted by Crippen LogP contribution is 1.97. The molecule has 0 aromatic carbocycles. The maximum absolute atomic E-state index is 7.51. The number of nitriles is 1. The van der Waals surface area contributed by atoms with Crippen molar-refractivity contribution in [3.63, 3.8) is 0 Å². The van der Waals surface area contributed by atoms with Gasteiger partial charge < -0.3 is 0 Å². The molecule has 0 amide bonds. The van der Waals surface area contributed by atoms with Crippen molar-refractivity contribution in [3.8, 4) is 6.07 Å². The molecule has 5 heteroatoms. The summed E-state index contributed by atoms with van der Waals surface area (Å²) in [6.07, 6.45) is 1.18. The van der Waals surface area contributed by atoms with Crippen molar-refractivity contribution < 1.29 is 0 Å². The number of hydrogen-bond donors (Lipinski definition) is 0. The van der Waals surface area contributed by atoms with Crippen LogP contribution in [0.2, 0.25) is 0 Å². The Labute approximate surface area is 63.7 Å². The SMILES string of the molecule is C=CC#N.ClB(Cl)Cl. The third-order valence-corrected chi connectivity index (χ3v) is 0.0913. The van der Waals surface area contributed by atoms with Crippen molar-refractivity contribution in [1.82, 2.24) is 0 Å². The average molecular weight is 170 g/mol. The van der Waals surface area contributed by atoms with Gasteiger partial charge in [0.2, 0.25) is 0 Å². The molecule has 0 aliphatic rings. The summed E-state index contributed by atoms with van der Waals surface area (Å²) < 4.78 is 0. The van der Waals surface area contributed by atoms with Gasteiger partial charge in [-0.15, -0.1) is 0 Å². The minimum Gasteiger partial charge on any atom is -0.193 e. The number of hydrogen-bond acceptors (Lipinski definition) is 1. The summed E-state index contributed by atoms with van der Waals surface area (Å²) in [5, 5.41) is 7.51. The van der Waals surface area contributed by atoms with Crippen LogP contribution in [0.4, 0.5) is 0 Å². The molecule has 0 N–H and O–H groups in total. The topological polar surface area (TPSA) is 23.8 Å². The Morgan fingerprint density at radius 1 is 1.50 bits per heavy atom. The normalized spacial score (nSPS) is 5.25. The number of nitrogens with zero attached hydrogens (tertiary/aromatic N) is 1. The summed E-state index contributed by atoms with van der Waals surface area (Å²) in [6.45, 7) is 3.12. The van der Waals surface area contributed by atoms with Gasteiger partial charge in [-0.2, -0.15) is 39.6 Å². The van der Waals surface area contributed by atoms with Crippen LogP contribution >= 0.6 is 34.4 Å². The van der Waals surface area contributed by atoms with Gasteiger partial charge in [0.25, 0.3) is 0 Å². The van der Waals surface area contributed by atoms with E-state index in [0.29, 0.717) is 0 Å². The van der Waals surface area contributed by atoms with Gasteiger partial charge in [-0.3, -0.25) is 0 Å². The van der Waals surface area contributed by atoms with Crippen molar-refractivity contribution in [2.75, 3.05) is 0 Å². The van der Waals surface area contributed by atoms with E-state index in [9.17, 15) is 0 Å². The van der Waals surface area contributed by atoms with Crippen molar-refractivity contribution >= 4 is 39.3 Å². The Bertz CT molecular complexity index is 84.3. The molecule has 0 radical (unpaired) electrons. The molecule has 0 aliphatic heterocycles. The lowest BCUT2D eigenvalue weighted by atomic mass is 10.7. The number of allylic oxidation sites excluding steroid dienone is 1. The zero-order valence-electron chi connectivity index (χ0n) is 3.94. The van der Waals surface area contributed by atoms with Gasteiger partial charge in [-0.05, 0) is 0 Å². The van der Waals surface area contributed by atoms with Crippen LogP contribution in [0.3, 0.4) is 0 Å². The van der Waals surface area contributed by atoms with E-state index in [1.807, 2.05) is 0 Å². The van der Waals surface area contributed by atoms with Crippen LogP contribution in [-0.2, 0) is 0 Å². The Hall–Kier alpha value is 0.165. The summed E-state index contributed by atoms with van der Waals surface area (Å²) in [7, 11) is 0. The molecular weight excluding hydrogens is 167 g/mol. The van der Waals surface area contributed by atoms with Gasteiger partial charge in [0.15, 0.2) is 0 Å². The van der Waals surface area contributed by atoms with E-state index < -0.39 is 4.96 Å². The molecule has 0 aromatic heterocycles. The molecule has 44 valence electrons. The standard InChI is InChI=1S/C3H3N.BCl3/c1-2-3-4;2-1(3)4/h2H,1H2;. The van der Waals surface area contributed by atoms with E-state index in [2.05, 4.69) is 6.58 Å². The average Bonchev–Trinajstić information content (AvgIpc) is 1.65. The third kappa shape index (κ3) is 121. The summed E-state index contributed by atoms with van der Waals surface area (Å²) >= 11 is 14.4. The Balaban J connectivity index is 0. The van der Waals surface area contributed by atoms with Crippen molar-refractivity contribution in [1.29, 1.82) is 5.26 Å². The first kappa shape index (κ1) is 11.0. The summed E-state index contributed by atoms with van der Waals surface area (Å²) in [4.78, 5) is -0.750. The summed E-state index contributed by atoms with van der Waals surface area (Å²) in [6, 6.07) is 1.69. The predicted molar refractivity (Wildman–Crippen MR) is 39.1 cm³/mol. The number of halogens is 3. The zero-order chi connectivity index (χ0) is 6.99. The minimum atomic E-state index is -0.750. The summed E-state index contributed by atoms with van der Waals surface area (Å²) in [5.74, 6) is 0. The first-order valence-corrected chi connectivity index (χ1v) is 2.88. The van der Waals surface area contributed by atoms with Crippen LogP contribution in [0.5, 0.6) is 0 Å². The largest absolute Gasteiger partial charge is 0.450 e. The second kappa shape index (κ2) is 10.2. The zero-order valence-corrected chi connectivity index (χ0v) is 6.21. The smallest absolute Gasteiger partial charge is 0.193 e. The van der Waals surface area contributed by atoms with Gasteiger partial charge in [0, 0.05) is 6.08 Å². The van der Waals surface area contributed by atoms with Crippen molar-refractivity contribution in [2.45, 2.75) is 0 Å². The lowest BCUT2D eigenvalue weighted by Crippen LogP contribution is -1.66. The lowest BCUT2D eigenvalue weighted by molar-refractivity contribution is 1.54. The molecule has 1 nitrogen and oxygen atoms in total. The van der Waals surface area contributed by atoms with Crippen LogP contribution in [0.1, 0.15) is 0 Å². The van der Waals surface area contributed by atoms with Gasteiger partial charge in [-0.1, -0.05) is 6.58 Å². The molecular formula is C3H3BCl3N. The quantitative estimate of drug-likeness (QED) is 0.404. The van der Waals surface area contributed by atoms with Crippen molar-refractivity contribution in [3.05, 3.63) is 12.7 Å². The van der Waals surface area contributed by atoms with Crippen LogP contribution < -0.4 is 0 Å². The van der Waals surface area contributed by atoms with Gasteiger partial charge in [-0.25, -0.2) is 0 Å². The maximum atomic E-state index is 7.51. The van der Waals surface area contributed by atoms with Gasteiger partial charge in [0.1, 0.15) is 0 Å². The van der Waals surface area contributed by atoms with Crippen LogP contribution in [0.15, 0.2) is 12.7 Å². The highest BCUT2D eigenvalue weighted by atomic mass is 35.6. The lowest BCUT2D eigenvalue weighted by Gasteiger charge is -1.61. The van der Waals surface area contributed by atoms with Crippen LogP contribution in [0.25, 0.3) is 0 Å². The maximum Gasteiger partial charge on any atom is 0.450 e. The monoisotopic (exact) mass is 169 g/mol. The fourth-order valence-corrected chi connectivity index (χ4v) is 0. The number of rotatable bonds is 0. The summed E-state index contributed by atoms with van der Waals surface area (Å²) in [5.41, 5.74) is 0. The van der Waals surface area contributed by atoms with E-state index in [-0.39, 0.29) is 0 Å². The molecule has 0 bridgehead atoms. The molecule has 0 aliphatic carbocycles. The molecule has 0 heterocycles. The highest BCUT2D eigenvalue weighted by molar-refractivity contribution is 7.54. The molecule has 0 aromatic rings. The van der Waals surface area contributed by atoms with Crippen LogP contribution in [-0.4, -0.2) is 4.96 Å². The molecule has 0 spiro atoms. The fourth-order valence-electron chi connectivity index (χ4n) is 0. The fraction of sp³-hybridized carbons (Fsp3) is 0. The second-order valence-corrected chi connectivity index (χ2v) is 2.56. The molecule has 0 saturated heterocycles. The van der Waals surface area contributed by atoms with Crippen LogP contribution in [0, 0.1) is 11.3 Å². The molecule has 0 unspecified atom stereocenters. The van der Waals surface area contributed by atoms with E-state index in [1.165, 1.54) is 6.08 Å². The molecule has 8 heavy (non-hydrogen) atoms. The second-order valence-electron chi connectivity index (χ2n) is 0.581.